The monoisotopic (exact) mass is 150 g/mol. The molecule has 3 heteroatoms. The summed E-state index contributed by atoms with van der Waals surface area (Å²) in [6.45, 7) is 0. The van der Waals surface area contributed by atoms with E-state index in [0.717, 1.165) is 25.7 Å². The van der Waals surface area contributed by atoms with Gasteiger partial charge in [0.25, 0.3) is 0 Å². The van der Waals surface area contributed by atoms with Gasteiger partial charge in [0.05, 0.1) is 6.07 Å². The lowest BCUT2D eigenvalue weighted by Crippen LogP contribution is -2.12. The molecule has 1 unspecified atom stereocenters. The Morgan fingerprint density at radius 1 is 1.45 bits per heavy atom. The molecule has 0 saturated heterocycles. The smallest absolute Gasteiger partial charge is 0.211 e. The van der Waals surface area contributed by atoms with Crippen molar-refractivity contribution in [3.63, 3.8) is 0 Å². The van der Waals surface area contributed by atoms with Crippen molar-refractivity contribution in [3.8, 4) is 6.07 Å². The summed E-state index contributed by atoms with van der Waals surface area (Å²) in [6.07, 6.45) is 5.84. The number of carbonyl (C=O) groups excluding carboxylic acids is 1. The SMILES string of the molecule is N#CC(N=C=O)C1CCCC1. The molecule has 58 valence electrons. The highest BCUT2D eigenvalue weighted by Gasteiger charge is 2.24. The van der Waals surface area contributed by atoms with E-state index >= 15 is 0 Å². The molecule has 0 aromatic heterocycles. The van der Waals surface area contributed by atoms with E-state index in [1.807, 2.05) is 6.07 Å². The van der Waals surface area contributed by atoms with Gasteiger partial charge in [-0.15, -0.1) is 0 Å². The number of nitrogens with zero attached hydrogens (tertiary/aromatic N) is 2. The van der Waals surface area contributed by atoms with E-state index < -0.39 is 6.04 Å². The van der Waals surface area contributed by atoms with Crippen LogP contribution in [0.15, 0.2) is 4.99 Å². The lowest BCUT2D eigenvalue weighted by atomic mass is 10.0. The van der Waals surface area contributed by atoms with Gasteiger partial charge in [-0.3, -0.25) is 0 Å². The second-order valence-corrected chi connectivity index (χ2v) is 2.84. The maximum atomic E-state index is 9.89. The topological polar surface area (TPSA) is 53.2 Å². The third-order valence-corrected chi connectivity index (χ3v) is 2.17. The fourth-order valence-corrected chi connectivity index (χ4v) is 1.57. The van der Waals surface area contributed by atoms with Crippen LogP contribution >= 0.6 is 0 Å². The molecule has 0 aromatic carbocycles. The number of nitriles is 1. The third kappa shape index (κ3) is 1.89. The second-order valence-electron chi connectivity index (χ2n) is 2.84. The van der Waals surface area contributed by atoms with Gasteiger partial charge >= 0.3 is 0 Å². The zero-order valence-corrected chi connectivity index (χ0v) is 6.29. The largest absolute Gasteiger partial charge is 0.236 e. The summed E-state index contributed by atoms with van der Waals surface area (Å²) in [5.41, 5.74) is 0. The van der Waals surface area contributed by atoms with Crippen LogP contribution in [0.3, 0.4) is 0 Å². The molecule has 3 nitrogen and oxygen atoms in total. The van der Waals surface area contributed by atoms with Gasteiger partial charge in [-0.25, -0.2) is 4.79 Å². The molecule has 0 aliphatic heterocycles. The van der Waals surface area contributed by atoms with Gasteiger partial charge in [0, 0.05) is 0 Å². The minimum Gasteiger partial charge on any atom is -0.211 e. The molecule has 1 saturated carbocycles. The Kier molecular flexibility index (Phi) is 2.83. The van der Waals surface area contributed by atoms with E-state index in [1.165, 1.54) is 6.08 Å². The molecule has 0 radical (unpaired) electrons. The number of hydrogen-bond donors (Lipinski definition) is 0. The first-order valence-corrected chi connectivity index (χ1v) is 3.85. The van der Waals surface area contributed by atoms with Gasteiger partial charge < -0.3 is 0 Å². The molecule has 1 rings (SSSR count). The van der Waals surface area contributed by atoms with Crippen LogP contribution in [0.25, 0.3) is 0 Å². The van der Waals surface area contributed by atoms with Crippen molar-refractivity contribution in [3.05, 3.63) is 0 Å². The molecular weight excluding hydrogens is 140 g/mol. The Labute approximate surface area is 65.7 Å². The summed E-state index contributed by atoms with van der Waals surface area (Å²) >= 11 is 0. The first kappa shape index (κ1) is 7.97. The van der Waals surface area contributed by atoms with E-state index in [9.17, 15) is 4.79 Å². The zero-order chi connectivity index (χ0) is 8.10. The van der Waals surface area contributed by atoms with Gasteiger partial charge in [0.2, 0.25) is 6.08 Å². The molecule has 0 amide bonds. The summed E-state index contributed by atoms with van der Waals surface area (Å²) in [7, 11) is 0. The van der Waals surface area contributed by atoms with Crippen molar-refractivity contribution in [1.82, 2.24) is 0 Å². The third-order valence-electron chi connectivity index (χ3n) is 2.17. The van der Waals surface area contributed by atoms with Crippen molar-refractivity contribution in [2.45, 2.75) is 31.7 Å². The maximum Gasteiger partial charge on any atom is 0.236 e. The lowest BCUT2D eigenvalue weighted by Gasteiger charge is -2.08. The van der Waals surface area contributed by atoms with Crippen molar-refractivity contribution < 1.29 is 4.79 Å². The van der Waals surface area contributed by atoms with Crippen LogP contribution in [0.1, 0.15) is 25.7 Å². The van der Waals surface area contributed by atoms with Crippen LogP contribution in [0, 0.1) is 17.2 Å². The fraction of sp³-hybridized carbons (Fsp3) is 0.750. The van der Waals surface area contributed by atoms with Crippen LogP contribution in [0.2, 0.25) is 0 Å². The molecule has 0 N–H and O–H groups in total. The number of isocyanates is 1. The average Bonchev–Trinajstić information content (AvgIpc) is 2.52. The van der Waals surface area contributed by atoms with E-state index in [-0.39, 0.29) is 0 Å². The maximum absolute atomic E-state index is 9.89. The van der Waals surface area contributed by atoms with Crippen LogP contribution < -0.4 is 0 Å². The zero-order valence-electron chi connectivity index (χ0n) is 6.29. The Bertz CT molecular complexity index is 207. The van der Waals surface area contributed by atoms with E-state index in [1.54, 1.807) is 0 Å². The predicted molar refractivity (Wildman–Crippen MR) is 39.5 cm³/mol. The quantitative estimate of drug-likeness (QED) is 0.441. The summed E-state index contributed by atoms with van der Waals surface area (Å²) in [6, 6.07) is 1.58. The van der Waals surface area contributed by atoms with Crippen molar-refractivity contribution in [2.75, 3.05) is 0 Å². The average molecular weight is 150 g/mol. The fourth-order valence-electron chi connectivity index (χ4n) is 1.57. The highest BCUT2D eigenvalue weighted by Crippen LogP contribution is 2.28. The van der Waals surface area contributed by atoms with Gasteiger partial charge in [-0.05, 0) is 18.8 Å². The first-order valence-electron chi connectivity index (χ1n) is 3.85. The van der Waals surface area contributed by atoms with Crippen LogP contribution in [0.5, 0.6) is 0 Å². The van der Waals surface area contributed by atoms with E-state index in [4.69, 9.17) is 5.26 Å². The molecule has 1 aliphatic rings. The second kappa shape index (κ2) is 3.90. The lowest BCUT2D eigenvalue weighted by molar-refractivity contribution is 0.491. The van der Waals surface area contributed by atoms with Crippen molar-refractivity contribution in [1.29, 1.82) is 5.26 Å². The molecule has 0 bridgehead atoms. The Morgan fingerprint density at radius 2 is 2.09 bits per heavy atom. The molecule has 0 aromatic rings. The Balaban J connectivity index is 2.55. The first-order chi connectivity index (χ1) is 5.38. The minimum atomic E-state index is -0.435. The molecule has 1 atom stereocenters. The standard InChI is InChI=1S/C8H10N2O/c9-5-8(10-6-11)7-3-1-2-4-7/h7-8H,1-4H2. The summed E-state index contributed by atoms with van der Waals surface area (Å²) in [5, 5.41) is 8.59. The molecule has 0 spiro atoms. The highest BCUT2D eigenvalue weighted by molar-refractivity contribution is 5.34. The van der Waals surface area contributed by atoms with Gasteiger partial charge in [0.1, 0.15) is 0 Å². The molecule has 11 heavy (non-hydrogen) atoms. The molecule has 1 fully saturated rings. The summed E-state index contributed by atoms with van der Waals surface area (Å²) in [4.78, 5) is 13.3. The molecule has 1 aliphatic carbocycles. The normalized spacial score (nSPS) is 20.3. The van der Waals surface area contributed by atoms with Crippen LogP contribution in [-0.4, -0.2) is 12.1 Å². The van der Waals surface area contributed by atoms with Crippen molar-refractivity contribution in [2.24, 2.45) is 10.9 Å². The Morgan fingerprint density at radius 3 is 2.55 bits per heavy atom. The predicted octanol–water partition coefficient (Wildman–Crippen LogP) is 1.40. The Hall–Kier alpha value is -1.13. The summed E-state index contributed by atoms with van der Waals surface area (Å²) in [5.74, 6) is 0.307. The number of hydrogen-bond acceptors (Lipinski definition) is 3. The van der Waals surface area contributed by atoms with Crippen LogP contribution in [0.4, 0.5) is 0 Å². The van der Waals surface area contributed by atoms with Gasteiger partial charge in [0.15, 0.2) is 6.04 Å². The summed E-state index contributed by atoms with van der Waals surface area (Å²) < 4.78 is 0. The highest BCUT2D eigenvalue weighted by atomic mass is 16.1. The van der Waals surface area contributed by atoms with Gasteiger partial charge in [-0.1, -0.05) is 12.8 Å². The van der Waals surface area contributed by atoms with E-state index in [2.05, 4.69) is 4.99 Å². The van der Waals surface area contributed by atoms with Crippen LogP contribution in [-0.2, 0) is 4.79 Å². The molecule has 0 heterocycles. The molecular formula is C8H10N2O. The number of rotatable bonds is 2. The van der Waals surface area contributed by atoms with E-state index in [0.29, 0.717) is 5.92 Å². The van der Waals surface area contributed by atoms with Crippen molar-refractivity contribution >= 4 is 6.08 Å². The van der Waals surface area contributed by atoms with Gasteiger partial charge in [-0.2, -0.15) is 10.3 Å². The number of aliphatic imine (C=N–C) groups is 1. The minimum absolute atomic E-state index is 0.307.